The monoisotopic (exact) mass is 316 g/mol. The number of ether oxygens (including phenoxy) is 1. The van der Waals surface area contributed by atoms with E-state index < -0.39 is 5.97 Å². The van der Waals surface area contributed by atoms with Crippen molar-refractivity contribution in [3.8, 4) is 5.75 Å². The molecule has 6 heteroatoms. The van der Waals surface area contributed by atoms with Crippen LogP contribution in [0.15, 0.2) is 24.3 Å². The normalized spacial score (nSPS) is 15.8. The third-order valence-electron chi connectivity index (χ3n) is 4.43. The molecule has 1 amide bonds. The Morgan fingerprint density at radius 3 is 2.70 bits per heavy atom. The Kier molecular flexibility index (Phi) is 4.23. The van der Waals surface area contributed by atoms with Gasteiger partial charge in [0.2, 0.25) is 0 Å². The summed E-state index contributed by atoms with van der Waals surface area (Å²) in [6.45, 7) is 1.21. The minimum atomic E-state index is -0.764. The molecule has 3 rings (SSSR count). The molecule has 23 heavy (non-hydrogen) atoms. The molecular formula is C17H20N2O4. The van der Waals surface area contributed by atoms with Gasteiger partial charge in [-0.15, -0.1) is 0 Å². The zero-order chi connectivity index (χ0) is 16.4. The molecule has 0 unspecified atom stereocenters. The highest BCUT2D eigenvalue weighted by atomic mass is 16.5. The summed E-state index contributed by atoms with van der Waals surface area (Å²) in [5, 5.41) is 9.81. The fraction of sp³-hybridized carbons (Fsp3) is 0.412. The zero-order valence-electron chi connectivity index (χ0n) is 13.0. The van der Waals surface area contributed by atoms with E-state index in [1.165, 1.54) is 0 Å². The average Bonchev–Trinajstić information content (AvgIpc) is 2.97. The van der Waals surface area contributed by atoms with Crippen LogP contribution in [0.25, 0.3) is 10.9 Å². The molecule has 0 spiro atoms. The number of fused-ring (bicyclic) bond motifs is 1. The molecule has 2 aromatic rings. The third kappa shape index (κ3) is 3.31. The molecule has 1 aromatic heterocycles. The van der Waals surface area contributed by atoms with E-state index in [0.29, 0.717) is 18.8 Å². The first kappa shape index (κ1) is 15.4. The van der Waals surface area contributed by atoms with E-state index in [2.05, 4.69) is 4.98 Å². The maximum Gasteiger partial charge on any atom is 0.303 e. The van der Waals surface area contributed by atoms with Gasteiger partial charge in [0.1, 0.15) is 11.4 Å². The smallest absolute Gasteiger partial charge is 0.303 e. The van der Waals surface area contributed by atoms with Crippen LogP contribution in [0.4, 0.5) is 0 Å². The molecule has 1 aromatic carbocycles. The van der Waals surface area contributed by atoms with Crippen molar-refractivity contribution < 1.29 is 19.4 Å². The number of aromatic amines is 1. The third-order valence-corrected chi connectivity index (χ3v) is 4.43. The van der Waals surface area contributed by atoms with Crippen LogP contribution in [0.1, 0.15) is 29.8 Å². The second-order valence-corrected chi connectivity index (χ2v) is 5.97. The van der Waals surface area contributed by atoms with Crippen LogP contribution in [0, 0.1) is 5.92 Å². The summed E-state index contributed by atoms with van der Waals surface area (Å²) in [7, 11) is 1.61. The predicted octanol–water partition coefficient (Wildman–Crippen LogP) is 2.50. The number of likely N-dealkylation sites (tertiary alicyclic amines) is 1. The average molecular weight is 316 g/mol. The van der Waals surface area contributed by atoms with Crippen molar-refractivity contribution in [2.75, 3.05) is 20.2 Å². The molecule has 2 heterocycles. The summed E-state index contributed by atoms with van der Waals surface area (Å²) in [5.74, 6) is 0.115. The number of hydrogen-bond acceptors (Lipinski definition) is 3. The summed E-state index contributed by atoms with van der Waals surface area (Å²) >= 11 is 0. The number of carboxylic acid groups (broad SMARTS) is 1. The van der Waals surface area contributed by atoms with Crippen molar-refractivity contribution in [1.29, 1.82) is 0 Å². The lowest BCUT2D eigenvalue weighted by Gasteiger charge is -2.31. The number of aliphatic carboxylic acids is 1. The highest BCUT2D eigenvalue weighted by Crippen LogP contribution is 2.24. The molecule has 0 saturated carbocycles. The van der Waals surface area contributed by atoms with Gasteiger partial charge in [-0.25, -0.2) is 0 Å². The lowest BCUT2D eigenvalue weighted by molar-refractivity contribution is -0.138. The molecule has 0 atom stereocenters. The number of amides is 1. The topological polar surface area (TPSA) is 82.6 Å². The molecule has 0 aliphatic carbocycles. The van der Waals surface area contributed by atoms with Crippen LogP contribution >= 0.6 is 0 Å². The molecule has 1 aliphatic rings. The van der Waals surface area contributed by atoms with Gasteiger partial charge in [0.15, 0.2) is 0 Å². The number of aromatic nitrogens is 1. The Morgan fingerprint density at radius 1 is 1.30 bits per heavy atom. The molecular weight excluding hydrogens is 296 g/mol. The van der Waals surface area contributed by atoms with E-state index >= 15 is 0 Å². The van der Waals surface area contributed by atoms with Crippen LogP contribution in [-0.4, -0.2) is 47.1 Å². The van der Waals surface area contributed by atoms with Crippen molar-refractivity contribution in [2.24, 2.45) is 5.92 Å². The lowest BCUT2D eigenvalue weighted by atomic mass is 9.93. The quantitative estimate of drug-likeness (QED) is 0.908. The largest absolute Gasteiger partial charge is 0.497 e. The number of nitrogens with one attached hydrogen (secondary N) is 1. The Morgan fingerprint density at radius 2 is 2.04 bits per heavy atom. The number of methoxy groups -OCH3 is 1. The van der Waals surface area contributed by atoms with Crippen molar-refractivity contribution in [2.45, 2.75) is 19.3 Å². The van der Waals surface area contributed by atoms with Gasteiger partial charge in [-0.05, 0) is 37.0 Å². The van der Waals surface area contributed by atoms with E-state index in [1.54, 1.807) is 12.0 Å². The number of carbonyl (C=O) groups is 2. The van der Waals surface area contributed by atoms with Crippen molar-refractivity contribution in [3.05, 3.63) is 30.0 Å². The number of nitrogens with zero attached hydrogens (tertiary/aromatic N) is 1. The number of benzene rings is 1. The molecule has 1 aliphatic heterocycles. The van der Waals surface area contributed by atoms with Gasteiger partial charge in [0, 0.05) is 36.5 Å². The SMILES string of the molecule is COc1ccc2cc(C(=O)N3CCC(CC(=O)O)CC3)[nH]c2c1. The molecule has 0 radical (unpaired) electrons. The van der Waals surface area contributed by atoms with E-state index in [4.69, 9.17) is 9.84 Å². The van der Waals surface area contributed by atoms with E-state index in [-0.39, 0.29) is 18.2 Å². The summed E-state index contributed by atoms with van der Waals surface area (Å²) in [6.07, 6.45) is 1.67. The second kappa shape index (κ2) is 6.32. The first-order valence-corrected chi connectivity index (χ1v) is 7.74. The standard InChI is InChI=1S/C17H20N2O4/c1-23-13-3-2-12-9-15(18-14(12)10-13)17(22)19-6-4-11(5-7-19)8-16(20)21/h2-3,9-11,18H,4-8H2,1H3,(H,20,21). The van der Waals surface area contributed by atoms with E-state index in [0.717, 1.165) is 29.5 Å². The summed E-state index contributed by atoms with van der Waals surface area (Å²) < 4.78 is 5.19. The van der Waals surface area contributed by atoms with Gasteiger partial charge in [-0.3, -0.25) is 9.59 Å². The zero-order valence-corrected chi connectivity index (χ0v) is 13.0. The molecule has 0 bridgehead atoms. The summed E-state index contributed by atoms with van der Waals surface area (Å²) in [5.41, 5.74) is 1.43. The van der Waals surface area contributed by atoms with Crippen LogP contribution in [0.5, 0.6) is 5.75 Å². The minimum Gasteiger partial charge on any atom is -0.497 e. The summed E-state index contributed by atoms with van der Waals surface area (Å²) in [4.78, 5) is 28.3. The van der Waals surface area contributed by atoms with Crippen molar-refractivity contribution in [3.63, 3.8) is 0 Å². The second-order valence-electron chi connectivity index (χ2n) is 5.97. The van der Waals surface area contributed by atoms with Crippen LogP contribution < -0.4 is 4.74 Å². The van der Waals surface area contributed by atoms with Crippen molar-refractivity contribution >= 4 is 22.8 Å². The van der Waals surface area contributed by atoms with Gasteiger partial charge in [0.05, 0.1) is 7.11 Å². The maximum absolute atomic E-state index is 12.6. The van der Waals surface area contributed by atoms with Crippen LogP contribution in [0.3, 0.4) is 0 Å². The highest BCUT2D eigenvalue weighted by Gasteiger charge is 2.25. The Bertz CT molecular complexity index is 729. The minimum absolute atomic E-state index is 0.0334. The number of carbonyl (C=O) groups excluding carboxylic acids is 1. The first-order chi connectivity index (χ1) is 11.1. The highest BCUT2D eigenvalue weighted by molar-refractivity contribution is 5.98. The van der Waals surface area contributed by atoms with Crippen molar-refractivity contribution in [1.82, 2.24) is 9.88 Å². The van der Waals surface area contributed by atoms with Gasteiger partial charge in [-0.1, -0.05) is 0 Å². The number of H-pyrrole nitrogens is 1. The number of rotatable bonds is 4. The first-order valence-electron chi connectivity index (χ1n) is 7.74. The van der Waals surface area contributed by atoms with Gasteiger partial charge >= 0.3 is 5.97 Å². The Labute approximate surface area is 134 Å². The fourth-order valence-corrected chi connectivity index (χ4v) is 3.11. The Balaban J connectivity index is 1.70. The predicted molar refractivity (Wildman–Crippen MR) is 85.7 cm³/mol. The molecule has 1 fully saturated rings. The fourth-order valence-electron chi connectivity index (χ4n) is 3.11. The Hall–Kier alpha value is -2.50. The molecule has 122 valence electrons. The van der Waals surface area contributed by atoms with Gasteiger partial charge in [-0.2, -0.15) is 0 Å². The molecule has 1 saturated heterocycles. The molecule has 6 nitrogen and oxygen atoms in total. The lowest BCUT2D eigenvalue weighted by Crippen LogP contribution is -2.39. The van der Waals surface area contributed by atoms with E-state index in [9.17, 15) is 9.59 Å². The van der Waals surface area contributed by atoms with Gasteiger partial charge in [0.25, 0.3) is 5.91 Å². The number of piperidine rings is 1. The van der Waals surface area contributed by atoms with E-state index in [1.807, 2.05) is 24.3 Å². The molecule has 2 N–H and O–H groups in total. The number of hydrogen-bond donors (Lipinski definition) is 2. The van der Waals surface area contributed by atoms with Crippen LogP contribution in [0.2, 0.25) is 0 Å². The van der Waals surface area contributed by atoms with Gasteiger partial charge < -0.3 is 19.7 Å². The maximum atomic E-state index is 12.6. The summed E-state index contributed by atoms with van der Waals surface area (Å²) in [6, 6.07) is 7.49. The number of carboxylic acids is 1. The van der Waals surface area contributed by atoms with Crippen LogP contribution in [-0.2, 0) is 4.79 Å².